The number of halogens is 1. The van der Waals surface area contributed by atoms with E-state index in [1.54, 1.807) is 18.2 Å². The van der Waals surface area contributed by atoms with Gasteiger partial charge in [0.2, 0.25) is 10.0 Å². The van der Waals surface area contributed by atoms with Gasteiger partial charge in [0.1, 0.15) is 0 Å². The molecular weight excluding hydrogens is 318 g/mol. The largest absolute Gasteiger partial charge is 0.395 e. The molecule has 0 fully saturated rings. The summed E-state index contributed by atoms with van der Waals surface area (Å²) in [6.07, 6.45) is 0. The first-order chi connectivity index (χ1) is 8.18. The quantitative estimate of drug-likeness (QED) is 0.885. The summed E-state index contributed by atoms with van der Waals surface area (Å²) in [6, 6.07) is 6.05. The minimum Gasteiger partial charge on any atom is -0.395 e. The maximum atomic E-state index is 12.2. The molecule has 4 nitrogen and oxygen atoms in total. The number of sulfonamides is 1. The molecule has 0 aliphatic carbocycles. The second-order valence-corrected chi connectivity index (χ2v) is 7.69. The smallest absolute Gasteiger partial charge is 0.242 e. The highest BCUT2D eigenvalue weighted by Crippen LogP contribution is 2.24. The molecule has 0 aliphatic rings. The molecule has 0 bridgehead atoms. The van der Waals surface area contributed by atoms with Gasteiger partial charge < -0.3 is 5.11 Å². The van der Waals surface area contributed by atoms with Gasteiger partial charge in [-0.1, -0.05) is 32.9 Å². The Labute approximate surface area is 117 Å². The van der Waals surface area contributed by atoms with Gasteiger partial charge in [-0.05, 0) is 33.5 Å². The first-order valence-electron chi connectivity index (χ1n) is 5.56. The van der Waals surface area contributed by atoms with Crippen LogP contribution >= 0.6 is 15.9 Å². The summed E-state index contributed by atoms with van der Waals surface area (Å²) in [5.41, 5.74) is -0.358. The summed E-state index contributed by atoms with van der Waals surface area (Å²) in [4.78, 5) is 0.174. The van der Waals surface area contributed by atoms with Crippen molar-refractivity contribution in [3.05, 3.63) is 28.7 Å². The van der Waals surface area contributed by atoms with Crippen LogP contribution in [0.5, 0.6) is 0 Å². The average molecular weight is 336 g/mol. The van der Waals surface area contributed by atoms with Crippen molar-refractivity contribution in [1.82, 2.24) is 4.72 Å². The molecule has 102 valence electrons. The molecule has 0 saturated heterocycles. The van der Waals surface area contributed by atoms with Crippen molar-refractivity contribution in [2.45, 2.75) is 31.7 Å². The van der Waals surface area contributed by atoms with E-state index in [0.29, 0.717) is 4.47 Å². The summed E-state index contributed by atoms with van der Waals surface area (Å²) in [5, 5.41) is 9.30. The van der Waals surface area contributed by atoms with E-state index in [1.165, 1.54) is 6.07 Å². The lowest BCUT2D eigenvalue weighted by Gasteiger charge is -2.29. The van der Waals surface area contributed by atoms with Crippen LogP contribution in [-0.2, 0) is 10.0 Å². The van der Waals surface area contributed by atoms with Crippen LogP contribution in [-0.4, -0.2) is 26.2 Å². The van der Waals surface area contributed by atoms with Gasteiger partial charge in [-0.2, -0.15) is 0 Å². The molecule has 1 aromatic rings. The molecule has 2 N–H and O–H groups in total. The topological polar surface area (TPSA) is 66.4 Å². The number of hydrogen-bond donors (Lipinski definition) is 2. The normalized spacial score (nSPS) is 14.5. The summed E-state index contributed by atoms with van der Waals surface area (Å²) in [7, 11) is -3.64. The first-order valence-corrected chi connectivity index (χ1v) is 7.84. The van der Waals surface area contributed by atoms with Crippen LogP contribution in [0.25, 0.3) is 0 Å². The van der Waals surface area contributed by atoms with Crippen molar-refractivity contribution in [3.8, 4) is 0 Å². The molecule has 0 heterocycles. The van der Waals surface area contributed by atoms with Crippen LogP contribution < -0.4 is 4.72 Å². The van der Waals surface area contributed by atoms with Gasteiger partial charge in [0.05, 0.1) is 11.5 Å². The second-order valence-electron chi connectivity index (χ2n) is 5.15. The Morgan fingerprint density at radius 3 is 2.33 bits per heavy atom. The summed E-state index contributed by atoms with van der Waals surface area (Å²) >= 11 is 3.21. The van der Waals surface area contributed by atoms with Gasteiger partial charge in [0.25, 0.3) is 0 Å². The second kappa shape index (κ2) is 5.69. The van der Waals surface area contributed by atoms with Crippen LogP contribution in [0.15, 0.2) is 33.6 Å². The van der Waals surface area contributed by atoms with Crippen molar-refractivity contribution in [3.63, 3.8) is 0 Å². The highest BCUT2D eigenvalue weighted by molar-refractivity contribution is 9.10. The third kappa shape index (κ3) is 3.78. The fraction of sp³-hybridized carbons (Fsp3) is 0.500. The van der Waals surface area contributed by atoms with Gasteiger partial charge in [0, 0.05) is 10.5 Å². The molecule has 0 aliphatic heterocycles. The standard InChI is InChI=1S/C12H18BrNO3S/c1-12(2,3)11(8-15)14-18(16,17)10-7-5-4-6-9(10)13/h4-7,11,14-15H,8H2,1-3H3/t11-/m0/s1. The van der Waals surface area contributed by atoms with E-state index >= 15 is 0 Å². The molecule has 0 unspecified atom stereocenters. The van der Waals surface area contributed by atoms with E-state index in [1.807, 2.05) is 20.8 Å². The van der Waals surface area contributed by atoms with E-state index in [4.69, 9.17) is 0 Å². The van der Waals surface area contributed by atoms with Crippen molar-refractivity contribution in [1.29, 1.82) is 0 Å². The van der Waals surface area contributed by atoms with Crippen molar-refractivity contribution >= 4 is 26.0 Å². The maximum Gasteiger partial charge on any atom is 0.242 e. The fourth-order valence-electron chi connectivity index (χ4n) is 1.40. The molecule has 1 aromatic carbocycles. The average Bonchev–Trinajstić information content (AvgIpc) is 2.24. The minimum absolute atomic E-state index is 0.174. The van der Waals surface area contributed by atoms with Crippen molar-refractivity contribution in [2.75, 3.05) is 6.61 Å². The minimum atomic E-state index is -3.64. The van der Waals surface area contributed by atoms with Crippen molar-refractivity contribution in [2.24, 2.45) is 5.41 Å². The van der Waals surface area contributed by atoms with Crippen LogP contribution in [0.3, 0.4) is 0 Å². The lowest BCUT2D eigenvalue weighted by atomic mass is 9.88. The van der Waals surface area contributed by atoms with Gasteiger partial charge in [-0.3, -0.25) is 0 Å². The molecule has 0 amide bonds. The highest BCUT2D eigenvalue weighted by Gasteiger charge is 2.29. The van der Waals surface area contributed by atoms with E-state index in [2.05, 4.69) is 20.7 Å². The molecule has 6 heteroatoms. The Balaban J connectivity index is 3.06. The molecule has 1 atom stereocenters. The molecule has 0 spiro atoms. The molecule has 1 rings (SSSR count). The van der Waals surface area contributed by atoms with Crippen LogP contribution in [0.1, 0.15) is 20.8 Å². The number of benzene rings is 1. The zero-order chi connectivity index (χ0) is 14.0. The maximum absolute atomic E-state index is 12.2. The van der Waals surface area contributed by atoms with Gasteiger partial charge in [0.15, 0.2) is 0 Å². The van der Waals surface area contributed by atoms with Gasteiger partial charge in [-0.15, -0.1) is 0 Å². The summed E-state index contributed by atoms with van der Waals surface area (Å²) in [5.74, 6) is 0. The molecule has 0 radical (unpaired) electrons. The van der Waals surface area contributed by atoms with E-state index < -0.39 is 16.1 Å². The van der Waals surface area contributed by atoms with E-state index in [-0.39, 0.29) is 16.9 Å². The fourth-order valence-corrected chi connectivity index (χ4v) is 3.84. The van der Waals surface area contributed by atoms with Crippen molar-refractivity contribution < 1.29 is 13.5 Å². The Bertz CT molecular complexity index is 508. The van der Waals surface area contributed by atoms with E-state index in [9.17, 15) is 13.5 Å². The zero-order valence-corrected chi connectivity index (χ0v) is 13.0. The molecular formula is C12H18BrNO3S. The highest BCUT2D eigenvalue weighted by atomic mass is 79.9. The molecule has 18 heavy (non-hydrogen) atoms. The van der Waals surface area contributed by atoms with Crippen LogP contribution in [0, 0.1) is 5.41 Å². The summed E-state index contributed by atoms with van der Waals surface area (Å²) in [6.45, 7) is 5.37. The van der Waals surface area contributed by atoms with E-state index in [0.717, 1.165) is 0 Å². The number of aliphatic hydroxyl groups excluding tert-OH is 1. The number of nitrogens with one attached hydrogen (secondary N) is 1. The van der Waals surface area contributed by atoms with Crippen LogP contribution in [0.4, 0.5) is 0 Å². The predicted molar refractivity (Wildman–Crippen MR) is 74.8 cm³/mol. The Kier molecular flexibility index (Phi) is 4.94. The first kappa shape index (κ1) is 15.6. The number of aliphatic hydroxyl groups is 1. The monoisotopic (exact) mass is 335 g/mol. The Hall–Kier alpha value is -0.430. The van der Waals surface area contributed by atoms with Gasteiger partial charge in [-0.25, -0.2) is 13.1 Å². The lowest BCUT2D eigenvalue weighted by Crippen LogP contribution is -2.46. The molecule has 0 saturated carbocycles. The Morgan fingerprint density at radius 2 is 1.89 bits per heavy atom. The van der Waals surface area contributed by atoms with Crippen LogP contribution in [0.2, 0.25) is 0 Å². The Morgan fingerprint density at radius 1 is 1.33 bits per heavy atom. The molecule has 0 aromatic heterocycles. The van der Waals surface area contributed by atoms with Gasteiger partial charge >= 0.3 is 0 Å². The number of rotatable bonds is 4. The lowest BCUT2D eigenvalue weighted by molar-refractivity contribution is 0.177. The third-order valence-corrected chi connectivity index (χ3v) is 5.14. The third-order valence-electron chi connectivity index (χ3n) is 2.65. The number of hydrogen-bond acceptors (Lipinski definition) is 3. The predicted octanol–water partition coefficient (Wildman–Crippen LogP) is 2.13. The zero-order valence-electron chi connectivity index (χ0n) is 10.6. The SMILES string of the molecule is CC(C)(C)[C@H](CO)NS(=O)(=O)c1ccccc1Br. The summed E-state index contributed by atoms with van der Waals surface area (Å²) < 4.78 is 27.5.